The molecule has 18 heteroatoms. The molecule has 0 radical (unpaired) electrons. The molecule has 0 bridgehead atoms. The van der Waals surface area contributed by atoms with Gasteiger partial charge in [-0.25, -0.2) is 4.79 Å². The highest BCUT2D eigenvalue weighted by Crippen LogP contribution is 2.44. The predicted molar refractivity (Wildman–Crippen MR) is 176 cm³/mol. The van der Waals surface area contributed by atoms with Crippen LogP contribution in [0.25, 0.3) is 0 Å². The van der Waals surface area contributed by atoms with Crippen molar-refractivity contribution in [1.82, 2.24) is 0 Å². The number of anilines is 1. The van der Waals surface area contributed by atoms with Gasteiger partial charge in [0, 0.05) is 11.3 Å². The van der Waals surface area contributed by atoms with E-state index in [2.05, 4.69) is 36.0 Å². The van der Waals surface area contributed by atoms with Gasteiger partial charge in [-0.2, -0.15) is 23.8 Å². The molecule has 17 nitrogen and oxygen atoms in total. The highest BCUT2D eigenvalue weighted by molar-refractivity contribution is 7.85. The molecule has 5 aromatic rings. The Kier molecular flexibility index (Phi) is 9.86. The largest absolute Gasteiger partial charge is 0.507 e. The second kappa shape index (κ2) is 14.4. The van der Waals surface area contributed by atoms with Crippen LogP contribution in [0.2, 0.25) is 0 Å². The Hall–Kier alpha value is -7.05. The lowest BCUT2D eigenvalue weighted by molar-refractivity contribution is 0.0693. The van der Waals surface area contributed by atoms with Gasteiger partial charge in [-0.3, -0.25) is 9.35 Å². The Morgan fingerprint density at radius 2 is 1.22 bits per heavy atom. The number of carboxylic acid groups (broad SMARTS) is 1. The van der Waals surface area contributed by atoms with E-state index in [-0.39, 0.29) is 61.6 Å². The molecule has 0 unspecified atom stereocenters. The lowest BCUT2D eigenvalue weighted by Gasteiger charge is -2.07. The first-order valence-electron chi connectivity index (χ1n) is 14.0. The zero-order valence-electron chi connectivity index (χ0n) is 25.1. The number of nitrogens with one attached hydrogen (secondary N) is 1. The fraction of sp³-hybridized carbons (Fsp3) is 0. The van der Waals surface area contributed by atoms with Gasteiger partial charge in [0.25, 0.3) is 16.0 Å². The van der Waals surface area contributed by atoms with Crippen molar-refractivity contribution in [3.8, 4) is 23.0 Å². The van der Waals surface area contributed by atoms with Gasteiger partial charge in [-0.1, -0.05) is 6.07 Å². The number of hydrogen-bond acceptors (Lipinski definition) is 14. The average Bonchev–Trinajstić information content (AvgIpc) is 3.08. The molecule has 7 N–H and O–H groups in total. The Labute approximate surface area is 281 Å². The number of nitrogens with zero attached hydrogens (tertiary/aromatic N) is 6. The third-order valence-corrected chi connectivity index (χ3v) is 7.46. The van der Waals surface area contributed by atoms with E-state index in [1.54, 1.807) is 0 Å². The number of phenolic OH excluding ortho intramolecular Hbond substituents is 3. The van der Waals surface area contributed by atoms with Crippen LogP contribution in [0.4, 0.5) is 39.8 Å². The summed E-state index contributed by atoms with van der Waals surface area (Å²) in [4.78, 5) is 23.5. The van der Waals surface area contributed by atoms with Gasteiger partial charge >= 0.3 is 5.97 Å². The molecule has 0 aliphatic heterocycles. The summed E-state index contributed by atoms with van der Waals surface area (Å²) in [6, 6.07) is 20.7. The third kappa shape index (κ3) is 8.26. The number of carbonyl (C=O) groups excluding carboxylic acids is 1. The Bertz CT molecular complexity index is 2330. The van der Waals surface area contributed by atoms with Crippen molar-refractivity contribution >= 4 is 61.8 Å². The van der Waals surface area contributed by atoms with Crippen molar-refractivity contribution in [2.24, 2.45) is 30.7 Å². The summed E-state index contributed by atoms with van der Waals surface area (Å²) in [6.45, 7) is 0. The number of aromatic hydroxyl groups is 4. The van der Waals surface area contributed by atoms with Gasteiger partial charge in [0.05, 0.1) is 22.0 Å². The van der Waals surface area contributed by atoms with Gasteiger partial charge in [0.2, 0.25) is 0 Å². The summed E-state index contributed by atoms with van der Waals surface area (Å²) in [7, 11) is -4.44. The second-order valence-electron chi connectivity index (χ2n) is 10.1. The molecule has 0 atom stereocenters. The second-order valence-corrected chi connectivity index (χ2v) is 11.5. The standard InChI is InChI=1S/C32H23N7O10S/c40-26-11-8-19(15-23(26)32(45)46)33-31(44)17-4-6-18(7-5-17)34-39-29-28(42)13-10-24(30(29)43)37-38-25-16-21(9-12-27(25)41)36-35-20-2-1-3-22(14-20)50(47,48)49/h1-16,40-43H,(H,33,44)(H,45,46)(H,47,48,49). The Balaban J connectivity index is 1.29. The number of carbonyl (C=O) groups is 2. The number of amides is 1. The minimum absolute atomic E-state index is 0.0827. The Morgan fingerprint density at radius 1 is 0.600 bits per heavy atom. The number of azo groups is 3. The van der Waals surface area contributed by atoms with Crippen LogP contribution in [0.3, 0.4) is 0 Å². The van der Waals surface area contributed by atoms with E-state index in [0.29, 0.717) is 0 Å². The summed E-state index contributed by atoms with van der Waals surface area (Å²) >= 11 is 0. The van der Waals surface area contributed by atoms with Crippen LogP contribution in [-0.4, -0.2) is 50.4 Å². The molecule has 1 amide bonds. The molecule has 0 saturated heterocycles. The summed E-state index contributed by atoms with van der Waals surface area (Å²) in [5.74, 6) is -3.74. The van der Waals surface area contributed by atoms with E-state index in [9.17, 15) is 43.0 Å². The third-order valence-electron chi connectivity index (χ3n) is 6.61. The monoisotopic (exact) mass is 697 g/mol. The number of rotatable bonds is 10. The predicted octanol–water partition coefficient (Wildman–Crippen LogP) is 7.95. The SMILES string of the molecule is O=C(Nc1ccc(O)c(C(=O)O)c1)c1ccc(N=Nc2c(O)ccc(N=Nc3cc(N=Nc4cccc(S(=O)(=O)O)c4)ccc3O)c2O)cc1. The molecular weight excluding hydrogens is 674 g/mol. The fourth-order valence-corrected chi connectivity index (χ4v) is 4.62. The van der Waals surface area contributed by atoms with Crippen LogP contribution in [0.1, 0.15) is 20.7 Å². The van der Waals surface area contributed by atoms with Crippen LogP contribution in [-0.2, 0) is 10.1 Å². The first-order valence-corrected chi connectivity index (χ1v) is 15.4. The molecule has 0 spiro atoms. The molecule has 5 rings (SSSR count). The zero-order valence-corrected chi connectivity index (χ0v) is 26.0. The first-order chi connectivity index (χ1) is 23.8. The van der Waals surface area contributed by atoms with Crippen molar-refractivity contribution in [3.05, 3.63) is 108 Å². The summed E-state index contributed by atoms with van der Waals surface area (Å²) in [5.41, 5.74) is -0.110. The van der Waals surface area contributed by atoms with E-state index >= 15 is 0 Å². The minimum Gasteiger partial charge on any atom is -0.507 e. The van der Waals surface area contributed by atoms with Crippen LogP contribution in [0, 0.1) is 0 Å². The number of hydrogen-bond donors (Lipinski definition) is 7. The van der Waals surface area contributed by atoms with Crippen LogP contribution in [0.15, 0.2) is 133 Å². The maximum absolute atomic E-state index is 12.6. The van der Waals surface area contributed by atoms with Crippen molar-refractivity contribution in [2.75, 3.05) is 5.32 Å². The molecule has 5 aromatic carbocycles. The maximum Gasteiger partial charge on any atom is 0.339 e. The number of aromatic carboxylic acids is 1. The average molecular weight is 698 g/mol. The molecule has 0 aliphatic rings. The van der Waals surface area contributed by atoms with Gasteiger partial charge in [0.15, 0.2) is 11.4 Å². The molecule has 0 aromatic heterocycles. The van der Waals surface area contributed by atoms with Crippen LogP contribution < -0.4 is 5.32 Å². The zero-order chi connectivity index (χ0) is 36.0. The van der Waals surface area contributed by atoms with Crippen LogP contribution in [0.5, 0.6) is 23.0 Å². The molecule has 0 aliphatic carbocycles. The van der Waals surface area contributed by atoms with E-state index in [0.717, 1.165) is 18.2 Å². The van der Waals surface area contributed by atoms with E-state index in [4.69, 9.17) is 5.11 Å². The minimum atomic E-state index is -4.44. The van der Waals surface area contributed by atoms with Gasteiger partial charge in [-0.15, -0.1) is 15.3 Å². The smallest absolute Gasteiger partial charge is 0.339 e. The first kappa shape index (κ1) is 34.3. The molecule has 0 saturated carbocycles. The molecule has 0 fully saturated rings. The van der Waals surface area contributed by atoms with Crippen molar-refractivity contribution < 1.29 is 48.1 Å². The molecule has 0 heterocycles. The summed E-state index contributed by atoms with van der Waals surface area (Å²) in [6.07, 6.45) is 0. The summed E-state index contributed by atoms with van der Waals surface area (Å²) in [5, 5.41) is 76.2. The van der Waals surface area contributed by atoms with Crippen molar-refractivity contribution in [1.29, 1.82) is 0 Å². The number of benzene rings is 5. The summed E-state index contributed by atoms with van der Waals surface area (Å²) < 4.78 is 31.9. The van der Waals surface area contributed by atoms with E-state index in [1.807, 2.05) is 0 Å². The number of carboxylic acids is 1. The topological polar surface area (TPSA) is 276 Å². The van der Waals surface area contributed by atoms with E-state index in [1.165, 1.54) is 78.9 Å². The van der Waals surface area contributed by atoms with Gasteiger partial charge < -0.3 is 30.8 Å². The van der Waals surface area contributed by atoms with Gasteiger partial charge in [-0.05, 0) is 91.0 Å². The highest BCUT2D eigenvalue weighted by Gasteiger charge is 2.15. The van der Waals surface area contributed by atoms with Crippen LogP contribution >= 0.6 is 0 Å². The molecule has 252 valence electrons. The normalized spacial score (nSPS) is 11.8. The lowest BCUT2D eigenvalue weighted by Crippen LogP contribution is -2.12. The quantitative estimate of drug-likeness (QED) is 0.0420. The highest BCUT2D eigenvalue weighted by atomic mass is 32.2. The Morgan fingerprint density at radius 3 is 1.92 bits per heavy atom. The van der Waals surface area contributed by atoms with Gasteiger partial charge in [0.1, 0.15) is 34.2 Å². The molecule has 50 heavy (non-hydrogen) atoms. The fourth-order valence-electron chi connectivity index (χ4n) is 4.10. The number of phenols is 4. The van der Waals surface area contributed by atoms with Crippen molar-refractivity contribution in [3.63, 3.8) is 0 Å². The lowest BCUT2D eigenvalue weighted by atomic mass is 10.1. The van der Waals surface area contributed by atoms with Crippen molar-refractivity contribution in [2.45, 2.75) is 4.90 Å². The van der Waals surface area contributed by atoms with E-state index < -0.39 is 39.2 Å². The molecular formula is C32H23N7O10S. The maximum atomic E-state index is 12.6.